The van der Waals surface area contributed by atoms with Crippen LogP contribution in [-0.2, 0) is 4.79 Å². The van der Waals surface area contributed by atoms with Crippen molar-refractivity contribution in [3.8, 4) is 11.8 Å². The van der Waals surface area contributed by atoms with Crippen molar-refractivity contribution < 1.29 is 9.53 Å². The maximum absolute atomic E-state index is 12.2. The standard InChI is InChI=1S/C19H20N4O2/c1-25-15-6-4-13(5-7-15)16-11-17(16)19(24)23-10-9-22-18-14(12-20)3-2-8-21-18/h2-8,16-17H,9-11H2,1H3,(H,21,22)(H,23,24). The molecule has 1 saturated carbocycles. The first-order valence-electron chi connectivity index (χ1n) is 8.23. The second-order valence-electron chi connectivity index (χ2n) is 5.95. The van der Waals surface area contributed by atoms with Crippen molar-refractivity contribution in [2.24, 2.45) is 5.92 Å². The number of nitrogens with one attached hydrogen (secondary N) is 2. The van der Waals surface area contributed by atoms with Crippen LogP contribution in [-0.4, -0.2) is 31.1 Å². The molecule has 2 N–H and O–H groups in total. The lowest BCUT2D eigenvalue weighted by atomic mass is 10.1. The van der Waals surface area contributed by atoms with Gasteiger partial charge in [0.2, 0.25) is 5.91 Å². The van der Waals surface area contributed by atoms with Crippen LogP contribution in [0.25, 0.3) is 0 Å². The van der Waals surface area contributed by atoms with Crippen molar-refractivity contribution in [2.45, 2.75) is 12.3 Å². The number of methoxy groups -OCH3 is 1. The van der Waals surface area contributed by atoms with E-state index >= 15 is 0 Å². The van der Waals surface area contributed by atoms with Gasteiger partial charge in [-0.05, 0) is 42.2 Å². The molecule has 25 heavy (non-hydrogen) atoms. The van der Waals surface area contributed by atoms with Crippen LogP contribution in [0.4, 0.5) is 5.82 Å². The summed E-state index contributed by atoms with van der Waals surface area (Å²) in [6.45, 7) is 1.02. The van der Waals surface area contributed by atoms with Crippen molar-refractivity contribution in [2.75, 3.05) is 25.5 Å². The van der Waals surface area contributed by atoms with Crippen LogP contribution in [0.3, 0.4) is 0 Å². The first-order valence-corrected chi connectivity index (χ1v) is 8.23. The first kappa shape index (κ1) is 16.8. The van der Waals surface area contributed by atoms with Crippen LogP contribution in [0, 0.1) is 17.2 Å². The van der Waals surface area contributed by atoms with Gasteiger partial charge in [0.05, 0.1) is 12.7 Å². The molecule has 0 aliphatic heterocycles. The highest BCUT2D eigenvalue weighted by Crippen LogP contribution is 2.47. The van der Waals surface area contributed by atoms with E-state index in [0.29, 0.717) is 30.4 Å². The molecule has 1 aliphatic carbocycles. The average molecular weight is 336 g/mol. The van der Waals surface area contributed by atoms with Crippen molar-refractivity contribution in [1.29, 1.82) is 5.26 Å². The summed E-state index contributed by atoms with van der Waals surface area (Å²) in [5, 5.41) is 15.0. The van der Waals surface area contributed by atoms with Gasteiger partial charge in [-0.25, -0.2) is 4.98 Å². The number of hydrogen-bond donors (Lipinski definition) is 2. The van der Waals surface area contributed by atoms with E-state index in [-0.39, 0.29) is 11.8 Å². The molecule has 0 saturated heterocycles. The van der Waals surface area contributed by atoms with Crippen molar-refractivity contribution >= 4 is 11.7 Å². The Morgan fingerprint density at radius 1 is 1.32 bits per heavy atom. The van der Waals surface area contributed by atoms with E-state index in [1.807, 2.05) is 24.3 Å². The van der Waals surface area contributed by atoms with Crippen molar-refractivity contribution in [3.05, 3.63) is 53.7 Å². The highest BCUT2D eigenvalue weighted by Gasteiger charge is 2.43. The normalized spacial score (nSPS) is 18.1. The van der Waals surface area contributed by atoms with E-state index in [9.17, 15) is 4.79 Å². The average Bonchev–Trinajstić information content (AvgIpc) is 3.46. The number of rotatable bonds is 7. The molecule has 6 heteroatoms. The number of ether oxygens (including phenoxy) is 1. The third-order valence-electron chi connectivity index (χ3n) is 4.32. The lowest BCUT2D eigenvalue weighted by Gasteiger charge is -2.08. The maximum Gasteiger partial charge on any atom is 0.223 e. The molecule has 0 bridgehead atoms. The van der Waals surface area contributed by atoms with Crippen LogP contribution in [0.2, 0.25) is 0 Å². The summed E-state index contributed by atoms with van der Waals surface area (Å²) in [5.74, 6) is 1.77. The molecule has 1 fully saturated rings. The van der Waals surface area contributed by atoms with Gasteiger partial charge in [-0.2, -0.15) is 5.26 Å². The quantitative estimate of drug-likeness (QED) is 0.758. The molecule has 0 spiro atoms. The van der Waals surface area contributed by atoms with Gasteiger partial charge in [-0.15, -0.1) is 0 Å². The minimum Gasteiger partial charge on any atom is -0.497 e. The molecule has 0 radical (unpaired) electrons. The molecule has 1 aromatic carbocycles. The molecule has 128 valence electrons. The van der Waals surface area contributed by atoms with Gasteiger partial charge in [0.15, 0.2) is 0 Å². The van der Waals surface area contributed by atoms with Gasteiger partial charge < -0.3 is 15.4 Å². The smallest absolute Gasteiger partial charge is 0.223 e. The van der Waals surface area contributed by atoms with E-state index in [0.717, 1.165) is 12.2 Å². The molecule has 3 rings (SSSR count). The lowest BCUT2D eigenvalue weighted by Crippen LogP contribution is -2.30. The summed E-state index contributed by atoms with van der Waals surface area (Å²) < 4.78 is 5.15. The second kappa shape index (κ2) is 7.67. The third-order valence-corrected chi connectivity index (χ3v) is 4.32. The molecule has 1 aromatic heterocycles. The van der Waals surface area contributed by atoms with E-state index in [2.05, 4.69) is 21.7 Å². The Bertz CT molecular complexity index is 783. The predicted octanol–water partition coefficient (Wildman–Crippen LogP) is 2.29. The van der Waals surface area contributed by atoms with Gasteiger partial charge >= 0.3 is 0 Å². The fourth-order valence-corrected chi connectivity index (χ4v) is 2.84. The largest absolute Gasteiger partial charge is 0.497 e. The van der Waals surface area contributed by atoms with Crippen molar-refractivity contribution in [3.63, 3.8) is 0 Å². The molecule has 1 amide bonds. The van der Waals surface area contributed by atoms with Crippen LogP contribution < -0.4 is 15.4 Å². The van der Waals surface area contributed by atoms with Crippen LogP contribution in [0.1, 0.15) is 23.5 Å². The summed E-state index contributed by atoms with van der Waals surface area (Å²) in [4.78, 5) is 16.3. The molecule has 6 nitrogen and oxygen atoms in total. The summed E-state index contributed by atoms with van der Waals surface area (Å²) in [6, 6.07) is 13.4. The molecule has 2 aromatic rings. The van der Waals surface area contributed by atoms with Crippen molar-refractivity contribution in [1.82, 2.24) is 10.3 Å². The molecule has 1 aliphatic rings. The summed E-state index contributed by atoms with van der Waals surface area (Å²) in [6.07, 6.45) is 2.51. The highest BCUT2D eigenvalue weighted by molar-refractivity contribution is 5.82. The van der Waals surface area contributed by atoms with Gasteiger partial charge in [0.1, 0.15) is 17.6 Å². The van der Waals surface area contributed by atoms with Crippen LogP contribution >= 0.6 is 0 Å². The molecular formula is C19H20N4O2. The monoisotopic (exact) mass is 336 g/mol. The predicted molar refractivity (Wildman–Crippen MR) is 94.3 cm³/mol. The molecule has 2 unspecified atom stereocenters. The minimum atomic E-state index is 0.0397. The minimum absolute atomic E-state index is 0.0397. The lowest BCUT2D eigenvalue weighted by molar-refractivity contribution is -0.122. The van der Waals surface area contributed by atoms with Crippen LogP contribution in [0.5, 0.6) is 5.75 Å². The number of pyridine rings is 1. The fourth-order valence-electron chi connectivity index (χ4n) is 2.84. The first-order chi connectivity index (χ1) is 12.2. The number of carbonyl (C=O) groups is 1. The highest BCUT2D eigenvalue weighted by atomic mass is 16.5. The molecule has 2 atom stereocenters. The Labute approximate surface area is 146 Å². The molecule has 1 heterocycles. The summed E-state index contributed by atoms with van der Waals surface area (Å²) in [5.41, 5.74) is 1.67. The van der Waals surface area contributed by atoms with E-state index < -0.39 is 0 Å². The maximum atomic E-state index is 12.2. The molecular weight excluding hydrogens is 316 g/mol. The number of carbonyl (C=O) groups excluding carboxylic acids is 1. The topological polar surface area (TPSA) is 87.0 Å². The van der Waals surface area contributed by atoms with E-state index in [1.54, 1.807) is 25.4 Å². The van der Waals surface area contributed by atoms with E-state index in [4.69, 9.17) is 10.00 Å². The Kier molecular flexibility index (Phi) is 5.14. The Morgan fingerprint density at radius 2 is 2.12 bits per heavy atom. The zero-order valence-electron chi connectivity index (χ0n) is 14.0. The summed E-state index contributed by atoms with van der Waals surface area (Å²) in [7, 11) is 1.64. The van der Waals surface area contributed by atoms with Gasteiger partial charge in [0.25, 0.3) is 0 Å². The SMILES string of the molecule is COc1ccc(C2CC2C(=O)NCCNc2ncccc2C#N)cc1. The number of benzene rings is 1. The van der Waals surface area contributed by atoms with Gasteiger partial charge in [-0.1, -0.05) is 12.1 Å². The zero-order valence-corrected chi connectivity index (χ0v) is 14.0. The zero-order chi connectivity index (χ0) is 17.6. The summed E-state index contributed by atoms with van der Waals surface area (Å²) >= 11 is 0. The number of aromatic nitrogens is 1. The third kappa shape index (κ3) is 4.07. The van der Waals surface area contributed by atoms with Gasteiger partial charge in [-0.3, -0.25) is 4.79 Å². The van der Waals surface area contributed by atoms with Crippen LogP contribution in [0.15, 0.2) is 42.6 Å². The number of amides is 1. The Morgan fingerprint density at radius 3 is 2.84 bits per heavy atom. The second-order valence-corrected chi connectivity index (χ2v) is 5.95. The number of anilines is 1. The number of hydrogen-bond acceptors (Lipinski definition) is 5. The van der Waals surface area contributed by atoms with E-state index in [1.165, 1.54) is 5.56 Å². The number of nitrogens with zero attached hydrogens (tertiary/aromatic N) is 2. The Hall–Kier alpha value is -3.07. The van der Waals surface area contributed by atoms with Gasteiger partial charge in [0, 0.05) is 25.2 Å². The number of nitriles is 1. The Balaban J connectivity index is 1.42. The fraction of sp³-hybridized carbons (Fsp3) is 0.316.